The van der Waals surface area contributed by atoms with Gasteiger partial charge in [0.25, 0.3) is 0 Å². The van der Waals surface area contributed by atoms with Crippen LogP contribution in [-0.2, 0) is 0 Å². The van der Waals surface area contributed by atoms with E-state index in [1.807, 2.05) is 12.1 Å². The van der Waals surface area contributed by atoms with Crippen LogP contribution in [0.5, 0.6) is 5.75 Å². The molecular formula is C18H26N2O2. The summed E-state index contributed by atoms with van der Waals surface area (Å²) in [5.74, 6) is 0.822. The molecule has 0 radical (unpaired) electrons. The average molecular weight is 302 g/mol. The molecule has 1 aliphatic heterocycles. The van der Waals surface area contributed by atoms with Crippen molar-refractivity contribution in [1.29, 1.82) is 5.26 Å². The van der Waals surface area contributed by atoms with Crippen LogP contribution in [0.3, 0.4) is 0 Å². The van der Waals surface area contributed by atoms with Gasteiger partial charge in [0.15, 0.2) is 0 Å². The largest absolute Gasteiger partial charge is 0.494 e. The van der Waals surface area contributed by atoms with Crippen LogP contribution in [0.25, 0.3) is 0 Å². The number of nitriles is 1. The van der Waals surface area contributed by atoms with E-state index in [9.17, 15) is 5.11 Å². The van der Waals surface area contributed by atoms with E-state index in [1.54, 1.807) is 12.1 Å². The fourth-order valence-corrected chi connectivity index (χ4v) is 2.98. The number of piperidine rings is 1. The quantitative estimate of drug-likeness (QED) is 0.787. The number of ether oxygens (including phenoxy) is 1. The van der Waals surface area contributed by atoms with Crippen LogP contribution in [-0.4, -0.2) is 42.9 Å². The molecule has 120 valence electrons. The Bertz CT molecular complexity index is 479. The summed E-state index contributed by atoms with van der Waals surface area (Å²) in [7, 11) is 0. The zero-order chi connectivity index (χ0) is 15.8. The van der Waals surface area contributed by atoms with Crippen LogP contribution in [0.15, 0.2) is 24.3 Å². The maximum atomic E-state index is 9.55. The van der Waals surface area contributed by atoms with Crippen molar-refractivity contribution >= 4 is 0 Å². The second-order valence-corrected chi connectivity index (χ2v) is 6.19. The molecule has 1 aromatic rings. The van der Waals surface area contributed by atoms with E-state index in [0.717, 1.165) is 51.1 Å². The maximum Gasteiger partial charge on any atom is 0.119 e. The molecule has 0 spiro atoms. The van der Waals surface area contributed by atoms with E-state index < -0.39 is 0 Å². The Labute approximate surface area is 133 Å². The normalized spacial score (nSPS) is 17.9. The summed E-state index contributed by atoms with van der Waals surface area (Å²) in [6, 6.07) is 9.34. The van der Waals surface area contributed by atoms with Gasteiger partial charge in [0.2, 0.25) is 0 Å². The molecule has 1 heterocycles. The molecule has 1 N–H and O–H groups in total. The van der Waals surface area contributed by atoms with E-state index in [2.05, 4.69) is 17.9 Å². The summed E-state index contributed by atoms with van der Waals surface area (Å²) in [6.07, 6.45) is 4.25. The van der Waals surface area contributed by atoms with Crippen molar-refractivity contribution in [2.45, 2.75) is 32.6 Å². The summed E-state index contributed by atoms with van der Waals surface area (Å²) in [5, 5.41) is 18.3. The summed E-state index contributed by atoms with van der Waals surface area (Å²) >= 11 is 0. The molecule has 0 amide bonds. The number of hydrogen-bond donors (Lipinski definition) is 1. The van der Waals surface area contributed by atoms with E-state index in [4.69, 9.17) is 10.00 Å². The first-order chi connectivity index (χ1) is 10.7. The number of aliphatic hydroxyl groups excluding tert-OH is 1. The summed E-state index contributed by atoms with van der Waals surface area (Å²) in [4.78, 5) is 2.46. The molecule has 1 aliphatic rings. The second kappa shape index (κ2) is 8.17. The van der Waals surface area contributed by atoms with Crippen molar-refractivity contribution in [3.8, 4) is 11.8 Å². The Kier molecular flexibility index (Phi) is 6.23. The van der Waals surface area contributed by atoms with Crippen LogP contribution in [0.4, 0.5) is 0 Å². The van der Waals surface area contributed by atoms with Gasteiger partial charge >= 0.3 is 0 Å². The molecule has 0 unspecified atom stereocenters. The first-order valence-corrected chi connectivity index (χ1v) is 8.17. The van der Waals surface area contributed by atoms with Gasteiger partial charge in [-0.05, 0) is 68.5 Å². The topological polar surface area (TPSA) is 56.5 Å². The van der Waals surface area contributed by atoms with Crippen LogP contribution < -0.4 is 4.74 Å². The molecule has 0 saturated carbocycles. The lowest BCUT2D eigenvalue weighted by Gasteiger charge is -2.40. The molecule has 0 aromatic heterocycles. The lowest BCUT2D eigenvalue weighted by Crippen LogP contribution is -2.42. The maximum absolute atomic E-state index is 9.55. The smallest absolute Gasteiger partial charge is 0.119 e. The van der Waals surface area contributed by atoms with Gasteiger partial charge in [0, 0.05) is 13.2 Å². The Morgan fingerprint density at radius 2 is 1.95 bits per heavy atom. The van der Waals surface area contributed by atoms with Gasteiger partial charge in [-0.1, -0.05) is 6.92 Å². The summed E-state index contributed by atoms with van der Waals surface area (Å²) < 4.78 is 5.70. The van der Waals surface area contributed by atoms with E-state index in [1.165, 1.54) is 0 Å². The third kappa shape index (κ3) is 4.46. The molecule has 0 aliphatic carbocycles. The molecule has 0 atom stereocenters. The van der Waals surface area contributed by atoms with Crippen molar-refractivity contribution in [2.75, 3.05) is 32.8 Å². The lowest BCUT2D eigenvalue weighted by atomic mass is 9.77. The van der Waals surface area contributed by atoms with Crippen LogP contribution >= 0.6 is 0 Å². The lowest BCUT2D eigenvalue weighted by molar-refractivity contribution is 0.0394. The minimum absolute atomic E-state index is 0.162. The summed E-state index contributed by atoms with van der Waals surface area (Å²) in [5.41, 5.74) is 0.819. The molecular weight excluding hydrogens is 276 g/mol. The van der Waals surface area contributed by atoms with E-state index in [-0.39, 0.29) is 5.41 Å². The van der Waals surface area contributed by atoms with Gasteiger partial charge in [0.1, 0.15) is 5.75 Å². The standard InChI is InChI=1S/C18H26N2O2/c1-2-18(15-21)8-11-20(12-9-18)10-3-13-22-17-6-4-16(14-19)5-7-17/h4-7,21H,2-3,8-13,15H2,1H3. The number of nitrogens with zero attached hydrogens (tertiary/aromatic N) is 2. The Hall–Kier alpha value is -1.57. The number of benzene rings is 1. The first-order valence-electron chi connectivity index (χ1n) is 8.17. The van der Waals surface area contributed by atoms with Gasteiger partial charge in [-0.3, -0.25) is 0 Å². The predicted molar refractivity (Wildman–Crippen MR) is 86.8 cm³/mol. The number of aliphatic hydroxyl groups is 1. The molecule has 1 aromatic carbocycles. The fourth-order valence-electron chi connectivity index (χ4n) is 2.98. The average Bonchev–Trinajstić information content (AvgIpc) is 2.60. The van der Waals surface area contributed by atoms with Gasteiger partial charge < -0.3 is 14.7 Å². The zero-order valence-electron chi connectivity index (χ0n) is 13.4. The molecule has 1 saturated heterocycles. The van der Waals surface area contributed by atoms with Crippen LogP contribution in [0.2, 0.25) is 0 Å². The van der Waals surface area contributed by atoms with Crippen LogP contribution in [0.1, 0.15) is 38.2 Å². The number of hydrogen-bond acceptors (Lipinski definition) is 4. The highest BCUT2D eigenvalue weighted by molar-refractivity contribution is 5.34. The van der Waals surface area contributed by atoms with Gasteiger partial charge in [0.05, 0.1) is 18.2 Å². The molecule has 4 nitrogen and oxygen atoms in total. The third-order valence-corrected chi connectivity index (χ3v) is 4.87. The molecule has 22 heavy (non-hydrogen) atoms. The number of rotatable bonds is 7. The van der Waals surface area contributed by atoms with Crippen molar-refractivity contribution in [2.24, 2.45) is 5.41 Å². The minimum Gasteiger partial charge on any atom is -0.494 e. The summed E-state index contributed by atoms with van der Waals surface area (Å²) in [6.45, 7) is 6.38. The van der Waals surface area contributed by atoms with Crippen molar-refractivity contribution < 1.29 is 9.84 Å². The SMILES string of the molecule is CCC1(CO)CCN(CCCOc2ccc(C#N)cc2)CC1. The third-order valence-electron chi connectivity index (χ3n) is 4.87. The zero-order valence-corrected chi connectivity index (χ0v) is 13.4. The number of likely N-dealkylation sites (tertiary alicyclic amines) is 1. The van der Waals surface area contributed by atoms with Crippen molar-refractivity contribution in [3.63, 3.8) is 0 Å². The first kappa shape index (κ1) is 16.8. The Morgan fingerprint density at radius 3 is 2.50 bits per heavy atom. The van der Waals surface area contributed by atoms with Crippen LogP contribution in [0, 0.1) is 16.7 Å². The highest BCUT2D eigenvalue weighted by Gasteiger charge is 2.31. The Balaban J connectivity index is 1.64. The Morgan fingerprint density at radius 1 is 1.27 bits per heavy atom. The fraction of sp³-hybridized carbons (Fsp3) is 0.611. The van der Waals surface area contributed by atoms with E-state index >= 15 is 0 Å². The van der Waals surface area contributed by atoms with Gasteiger partial charge in [-0.2, -0.15) is 5.26 Å². The van der Waals surface area contributed by atoms with Gasteiger partial charge in [-0.25, -0.2) is 0 Å². The predicted octanol–water partition coefficient (Wildman–Crippen LogP) is 2.81. The minimum atomic E-state index is 0.162. The van der Waals surface area contributed by atoms with Crippen molar-refractivity contribution in [3.05, 3.63) is 29.8 Å². The highest BCUT2D eigenvalue weighted by atomic mass is 16.5. The van der Waals surface area contributed by atoms with Gasteiger partial charge in [-0.15, -0.1) is 0 Å². The molecule has 2 rings (SSSR count). The molecule has 1 fully saturated rings. The molecule has 0 bridgehead atoms. The van der Waals surface area contributed by atoms with Crippen molar-refractivity contribution in [1.82, 2.24) is 4.90 Å². The molecule has 4 heteroatoms. The monoisotopic (exact) mass is 302 g/mol. The highest BCUT2D eigenvalue weighted by Crippen LogP contribution is 2.34. The van der Waals surface area contributed by atoms with E-state index in [0.29, 0.717) is 18.8 Å². The second-order valence-electron chi connectivity index (χ2n) is 6.19.